The normalized spacial score (nSPS) is 16.2. The van der Waals surface area contributed by atoms with Gasteiger partial charge in [-0.3, -0.25) is 4.79 Å². The molecule has 188 valence electrons. The zero-order valence-electron chi connectivity index (χ0n) is 20.2. The van der Waals surface area contributed by atoms with Crippen molar-refractivity contribution in [3.63, 3.8) is 0 Å². The van der Waals surface area contributed by atoms with Crippen LogP contribution in [0.5, 0.6) is 11.5 Å². The number of phenolic OH excluding ortho intramolecular Hbond substituents is 1. The number of amides is 1. The van der Waals surface area contributed by atoms with Gasteiger partial charge in [0.25, 0.3) is 0 Å². The fraction of sp³-hybridized carbons (Fsp3) is 0.370. The number of likely N-dealkylation sites (tertiary alicyclic amines) is 1. The Balaban J connectivity index is 1.04. The monoisotopic (exact) mass is 488 g/mol. The fourth-order valence-electron chi connectivity index (χ4n) is 4.74. The highest BCUT2D eigenvalue weighted by atomic mass is 16.5. The van der Waals surface area contributed by atoms with E-state index < -0.39 is 0 Å². The van der Waals surface area contributed by atoms with Gasteiger partial charge in [0, 0.05) is 69.2 Å². The van der Waals surface area contributed by atoms with Gasteiger partial charge in [-0.25, -0.2) is 0 Å². The third-order valence-electron chi connectivity index (χ3n) is 6.90. The molecule has 0 radical (unpaired) electrons. The van der Waals surface area contributed by atoms with Gasteiger partial charge < -0.3 is 31.1 Å². The second kappa shape index (κ2) is 10.5. The summed E-state index contributed by atoms with van der Waals surface area (Å²) in [5.74, 6) is 0.843. The van der Waals surface area contributed by atoms with E-state index in [2.05, 4.69) is 25.7 Å². The number of ether oxygens (including phenoxy) is 1. The molecule has 1 aromatic heterocycles. The molecule has 0 aliphatic carbocycles. The number of para-hydroxylation sites is 1. The zero-order chi connectivity index (χ0) is 25.0. The summed E-state index contributed by atoms with van der Waals surface area (Å²) in [6.45, 7) is 6.23. The molecule has 2 aromatic carbocycles. The lowest BCUT2D eigenvalue weighted by Gasteiger charge is -2.56. The molecule has 3 aromatic rings. The number of aromatic hydroxyl groups is 1. The molecular formula is C27H32N6O3. The summed E-state index contributed by atoms with van der Waals surface area (Å²) in [5, 5.41) is 24.4. The average molecular weight is 489 g/mol. The number of benzene rings is 2. The van der Waals surface area contributed by atoms with Crippen molar-refractivity contribution in [3.8, 4) is 22.8 Å². The zero-order valence-corrected chi connectivity index (χ0v) is 20.2. The van der Waals surface area contributed by atoms with E-state index in [1.165, 1.54) is 0 Å². The summed E-state index contributed by atoms with van der Waals surface area (Å²) in [7, 11) is 0. The van der Waals surface area contributed by atoms with Crippen molar-refractivity contribution in [2.45, 2.75) is 19.4 Å². The highest BCUT2D eigenvalue weighted by Gasteiger charge is 2.46. The molecule has 2 aliphatic rings. The molecule has 1 amide bonds. The SMILES string of the molecule is Nc1nnc(-c2ccccc2O)cc1OCCc1ccc(CNC(=O)CCN2CC3(CNC3)C2)cc1. The Labute approximate surface area is 210 Å². The van der Waals surface area contributed by atoms with Crippen LogP contribution in [-0.4, -0.2) is 65.4 Å². The molecule has 2 aliphatic heterocycles. The van der Waals surface area contributed by atoms with E-state index in [-0.39, 0.29) is 17.5 Å². The number of phenols is 1. The number of nitrogens with zero attached hydrogens (tertiary/aromatic N) is 3. The summed E-state index contributed by atoms with van der Waals surface area (Å²) in [5.41, 5.74) is 9.67. The maximum absolute atomic E-state index is 12.2. The first-order valence-electron chi connectivity index (χ1n) is 12.3. The van der Waals surface area contributed by atoms with Gasteiger partial charge in [-0.05, 0) is 23.3 Å². The van der Waals surface area contributed by atoms with Crippen LogP contribution in [0.15, 0.2) is 54.6 Å². The Morgan fingerprint density at radius 3 is 2.58 bits per heavy atom. The van der Waals surface area contributed by atoms with Crippen LogP contribution in [0.4, 0.5) is 5.82 Å². The molecule has 36 heavy (non-hydrogen) atoms. The second-order valence-electron chi connectivity index (χ2n) is 9.75. The lowest BCUT2D eigenvalue weighted by Crippen LogP contribution is -2.71. The number of aromatic nitrogens is 2. The van der Waals surface area contributed by atoms with Gasteiger partial charge in [0.1, 0.15) is 11.4 Å². The molecule has 1 spiro atoms. The Morgan fingerprint density at radius 1 is 1.11 bits per heavy atom. The van der Waals surface area contributed by atoms with Crippen LogP contribution < -0.4 is 21.1 Å². The number of hydrogen-bond donors (Lipinski definition) is 4. The van der Waals surface area contributed by atoms with Crippen molar-refractivity contribution in [1.82, 2.24) is 25.7 Å². The van der Waals surface area contributed by atoms with Crippen molar-refractivity contribution >= 4 is 11.7 Å². The molecule has 0 bridgehead atoms. The van der Waals surface area contributed by atoms with E-state index in [0.29, 0.717) is 48.4 Å². The quantitative estimate of drug-likeness (QED) is 0.341. The molecule has 5 N–H and O–H groups in total. The maximum Gasteiger partial charge on any atom is 0.221 e. The molecule has 9 nitrogen and oxygen atoms in total. The first kappa shape index (κ1) is 24.0. The minimum absolute atomic E-state index is 0.0897. The number of rotatable bonds is 10. The average Bonchev–Trinajstić information content (AvgIpc) is 2.83. The van der Waals surface area contributed by atoms with Crippen LogP contribution >= 0.6 is 0 Å². The standard InChI is InChI=1S/C27H32N6O3/c28-26-24(13-22(31-32-26)21-3-1-2-4-23(21)34)36-12-10-19-5-7-20(8-6-19)14-30-25(35)9-11-33-17-27(18-33)15-29-16-27/h1-8,13,29,34H,9-12,14-18H2,(H2,28,32)(H,30,35). The molecule has 0 atom stereocenters. The molecular weight excluding hydrogens is 456 g/mol. The fourth-order valence-corrected chi connectivity index (χ4v) is 4.74. The van der Waals surface area contributed by atoms with Crippen molar-refractivity contribution in [1.29, 1.82) is 0 Å². The van der Waals surface area contributed by atoms with Crippen LogP contribution in [0.2, 0.25) is 0 Å². The van der Waals surface area contributed by atoms with Crippen molar-refractivity contribution in [2.24, 2.45) is 5.41 Å². The summed E-state index contributed by atoms with van der Waals surface area (Å²) < 4.78 is 5.86. The number of nitrogens with one attached hydrogen (secondary N) is 2. The molecule has 3 heterocycles. The number of carbonyl (C=O) groups excluding carboxylic acids is 1. The molecule has 2 saturated heterocycles. The van der Waals surface area contributed by atoms with Crippen LogP contribution in [0.3, 0.4) is 0 Å². The first-order valence-corrected chi connectivity index (χ1v) is 12.3. The second-order valence-corrected chi connectivity index (χ2v) is 9.75. The van der Waals surface area contributed by atoms with Gasteiger partial charge in [-0.1, -0.05) is 36.4 Å². The number of nitrogens with two attached hydrogens (primary N) is 1. The Bertz CT molecular complexity index is 1200. The molecule has 0 saturated carbocycles. The summed E-state index contributed by atoms with van der Waals surface area (Å²) in [6, 6.07) is 16.7. The van der Waals surface area contributed by atoms with Gasteiger partial charge in [0.05, 0.1) is 6.61 Å². The van der Waals surface area contributed by atoms with Crippen molar-refractivity contribution < 1.29 is 14.6 Å². The number of anilines is 1. The minimum Gasteiger partial charge on any atom is -0.507 e. The minimum atomic E-state index is 0.0897. The van der Waals surface area contributed by atoms with Gasteiger partial charge in [0.15, 0.2) is 11.6 Å². The Kier molecular flexibility index (Phi) is 7.02. The summed E-state index contributed by atoms with van der Waals surface area (Å²) >= 11 is 0. The number of nitrogen functional groups attached to an aromatic ring is 1. The first-order chi connectivity index (χ1) is 17.5. The van der Waals surface area contributed by atoms with Crippen LogP contribution in [0, 0.1) is 5.41 Å². The van der Waals surface area contributed by atoms with E-state index >= 15 is 0 Å². The van der Waals surface area contributed by atoms with Gasteiger partial charge in [0.2, 0.25) is 5.91 Å². The number of hydrogen-bond acceptors (Lipinski definition) is 8. The van der Waals surface area contributed by atoms with Crippen molar-refractivity contribution in [2.75, 3.05) is 45.1 Å². The Morgan fingerprint density at radius 2 is 1.86 bits per heavy atom. The van der Waals surface area contributed by atoms with E-state index in [9.17, 15) is 9.90 Å². The molecule has 5 rings (SSSR count). The predicted octanol–water partition coefficient (Wildman–Crippen LogP) is 1.96. The van der Waals surface area contributed by atoms with Crippen LogP contribution in [0.25, 0.3) is 11.3 Å². The van der Waals surface area contributed by atoms with Gasteiger partial charge in [-0.15, -0.1) is 10.2 Å². The molecule has 2 fully saturated rings. The topological polar surface area (TPSA) is 126 Å². The predicted molar refractivity (Wildman–Crippen MR) is 137 cm³/mol. The maximum atomic E-state index is 12.2. The smallest absolute Gasteiger partial charge is 0.221 e. The summed E-state index contributed by atoms with van der Waals surface area (Å²) in [4.78, 5) is 14.6. The number of carbonyl (C=O) groups is 1. The van der Waals surface area contributed by atoms with E-state index in [1.807, 2.05) is 30.3 Å². The van der Waals surface area contributed by atoms with Gasteiger partial charge >= 0.3 is 0 Å². The van der Waals surface area contributed by atoms with Crippen LogP contribution in [-0.2, 0) is 17.8 Å². The summed E-state index contributed by atoms with van der Waals surface area (Å²) in [6.07, 6.45) is 1.23. The lowest BCUT2D eigenvalue weighted by molar-refractivity contribution is -0.122. The van der Waals surface area contributed by atoms with E-state index in [0.717, 1.165) is 43.9 Å². The van der Waals surface area contributed by atoms with E-state index in [4.69, 9.17) is 10.5 Å². The highest BCUT2D eigenvalue weighted by molar-refractivity contribution is 5.76. The third kappa shape index (κ3) is 5.58. The van der Waals surface area contributed by atoms with E-state index in [1.54, 1.807) is 24.3 Å². The van der Waals surface area contributed by atoms with Crippen molar-refractivity contribution in [3.05, 3.63) is 65.7 Å². The largest absolute Gasteiger partial charge is 0.507 e. The van der Waals surface area contributed by atoms with Crippen LogP contribution in [0.1, 0.15) is 17.5 Å². The lowest BCUT2D eigenvalue weighted by atomic mass is 9.74. The Hall–Kier alpha value is -3.69. The highest BCUT2D eigenvalue weighted by Crippen LogP contribution is 2.34. The van der Waals surface area contributed by atoms with Gasteiger partial charge in [-0.2, -0.15) is 0 Å². The molecule has 9 heteroatoms. The third-order valence-corrected chi connectivity index (χ3v) is 6.90. The molecule has 0 unspecified atom stereocenters.